The number of H-pyrrole nitrogens is 1. The summed E-state index contributed by atoms with van der Waals surface area (Å²) < 4.78 is 0. The first-order valence-corrected chi connectivity index (χ1v) is 13.0. The Morgan fingerprint density at radius 3 is 2.28 bits per heavy atom. The van der Waals surface area contributed by atoms with E-state index < -0.39 is 54.5 Å². The Labute approximate surface area is 214 Å². The van der Waals surface area contributed by atoms with Crippen LogP contribution in [0.4, 0.5) is 0 Å². The number of rotatable bonds is 14. The molecule has 4 unspecified atom stereocenters. The first kappa shape index (κ1) is 29.1. The van der Waals surface area contributed by atoms with E-state index in [0.29, 0.717) is 5.75 Å². The monoisotopic (exact) mass is 521 g/mol. The summed E-state index contributed by atoms with van der Waals surface area (Å²) >= 11 is 1.47. The number of aromatic nitrogens is 1. The summed E-state index contributed by atoms with van der Waals surface area (Å²) in [6.07, 6.45) is 3.94. The normalized spacial score (nSPS) is 14.6. The maximum Gasteiger partial charge on any atom is 0.326 e. The van der Waals surface area contributed by atoms with Crippen molar-refractivity contribution in [3.8, 4) is 0 Å². The maximum absolute atomic E-state index is 13.3. The fourth-order valence-corrected chi connectivity index (χ4v) is 4.11. The third-order valence-corrected chi connectivity index (χ3v) is 6.38. The summed E-state index contributed by atoms with van der Waals surface area (Å²) in [7, 11) is 0. The van der Waals surface area contributed by atoms with Gasteiger partial charge in [-0.2, -0.15) is 11.8 Å². The first-order valence-electron chi connectivity index (χ1n) is 11.6. The number of hydrogen-bond donors (Lipinski definition) is 7. The second-order valence-corrected chi connectivity index (χ2v) is 9.81. The summed E-state index contributed by atoms with van der Waals surface area (Å²) in [5, 5.41) is 27.3. The van der Waals surface area contributed by atoms with Gasteiger partial charge >= 0.3 is 5.97 Å². The number of carboxylic acids is 1. The van der Waals surface area contributed by atoms with E-state index in [-0.39, 0.29) is 18.8 Å². The fourth-order valence-electron chi connectivity index (χ4n) is 3.64. The van der Waals surface area contributed by atoms with Gasteiger partial charge in [0.2, 0.25) is 17.7 Å². The largest absolute Gasteiger partial charge is 0.480 e. The molecular weight excluding hydrogens is 486 g/mol. The van der Waals surface area contributed by atoms with Gasteiger partial charge in [-0.3, -0.25) is 14.4 Å². The lowest BCUT2D eigenvalue weighted by Crippen LogP contribution is -2.58. The summed E-state index contributed by atoms with van der Waals surface area (Å²) in [6, 6.07) is 3.03. The van der Waals surface area contributed by atoms with Gasteiger partial charge in [-0.15, -0.1) is 0 Å². The predicted octanol–water partition coefficient (Wildman–Crippen LogP) is -0.0219. The minimum Gasteiger partial charge on any atom is -0.480 e. The Kier molecular flexibility index (Phi) is 11.2. The highest BCUT2D eigenvalue weighted by molar-refractivity contribution is 7.98. The molecule has 4 atom stereocenters. The number of amides is 3. The Bertz CT molecular complexity index is 1060. The summed E-state index contributed by atoms with van der Waals surface area (Å²) in [6.45, 7) is 2.75. The van der Waals surface area contributed by atoms with Crippen LogP contribution in [0.1, 0.15) is 25.8 Å². The maximum atomic E-state index is 13.3. The third-order valence-electron chi connectivity index (χ3n) is 5.74. The van der Waals surface area contributed by atoms with E-state index in [1.165, 1.54) is 11.8 Å². The number of para-hydroxylation sites is 1. The van der Waals surface area contributed by atoms with Gasteiger partial charge in [0.15, 0.2) is 0 Å². The molecule has 1 aromatic heterocycles. The van der Waals surface area contributed by atoms with Crippen LogP contribution in [0.3, 0.4) is 0 Å². The Morgan fingerprint density at radius 2 is 1.67 bits per heavy atom. The number of nitrogens with two attached hydrogens (primary N) is 1. The molecule has 0 saturated carbocycles. The zero-order valence-corrected chi connectivity index (χ0v) is 21.4. The first-order chi connectivity index (χ1) is 17.1. The molecule has 1 heterocycles. The van der Waals surface area contributed by atoms with E-state index in [9.17, 15) is 29.4 Å². The van der Waals surface area contributed by atoms with Crippen molar-refractivity contribution in [2.24, 2.45) is 11.7 Å². The van der Waals surface area contributed by atoms with E-state index in [4.69, 9.17) is 5.73 Å². The van der Waals surface area contributed by atoms with Gasteiger partial charge in [0.1, 0.15) is 24.2 Å². The van der Waals surface area contributed by atoms with Crippen LogP contribution < -0.4 is 21.7 Å². The number of fused-ring (bicyclic) bond motifs is 1. The molecule has 2 aromatic rings. The van der Waals surface area contributed by atoms with Gasteiger partial charge < -0.3 is 36.9 Å². The van der Waals surface area contributed by atoms with E-state index in [1.807, 2.05) is 30.5 Å². The van der Waals surface area contributed by atoms with Crippen LogP contribution in [0.5, 0.6) is 0 Å². The fraction of sp³-hybridized carbons (Fsp3) is 0.500. The van der Waals surface area contributed by atoms with E-state index >= 15 is 0 Å². The Morgan fingerprint density at radius 1 is 1.03 bits per heavy atom. The van der Waals surface area contributed by atoms with Crippen LogP contribution in [0.2, 0.25) is 0 Å². The van der Waals surface area contributed by atoms with Crippen molar-refractivity contribution in [2.75, 3.05) is 18.6 Å². The lowest BCUT2D eigenvalue weighted by atomic mass is 10.0. The van der Waals surface area contributed by atoms with Gasteiger partial charge in [-0.25, -0.2) is 4.79 Å². The van der Waals surface area contributed by atoms with Gasteiger partial charge in [0, 0.05) is 23.5 Å². The molecule has 0 spiro atoms. The van der Waals surface area contributed by atoms with Crippen molar-refractivity contribution in [3.63, 3.8) is 0 Å². The second-order valence-electron chi connectivity index (χ2n) is 8.83. The highest BCUT2D eigenvalue weighted by Gasteiger charge is 2.31. The summed E-state index contributed by atoms with van der Waals surface area (Å²) in [5.41, 5.74) is 7.25. The zero-order chi connectivity index (χ0) is 26.8. The van der Waals surface area contributed by atoms with Crippen LogP contribution >= 0.6 is 11.8 Å². The number of thioether (sulfide) groups is 1. The molecule has 3 amide bonds. The molecule has 36 heavy (non-hydrogen) atoms. The van der Waals surface area contributed by atoms with Crippen molar-refractivity contribution in [2.45, 2.75) is 50.9 Å². The molecule has 2 rings (SSSR count). The summed E-state index contributed by atoms with van der Waals surface area (Å²) in [4.78, 5) is 53.4. The quantitative estimate of drug-likeness (QED) is 0.181. The highest BCUT2D eigenvalue weighted by atomic mass is 32.2. The minimum absolute atomic E-state index is 0.0976. The van der Waals surface area contributed by atoms with Crippen molar-refractivity contribution >= 4 is 46.4 Å². The molecule has 0 bridgehead atoms. The number of benzene rings is 1. The van der Waals surface area contributed by atoms with Crippen LogP contribution in [0.25, 0.3) is 10.9 Å². The van der Waals surface area contributed by atoms with Gasteiger partial charge in [0.25, 0.3) is 0 Å². The third kappa shape index (κ3) is 7.97. The zero-order valence-electron chi connectivity index (χ0n) is 20.6. The minimum atomic E-state index is -1.22. The smallest absolute Gasteiger partial charge is 0.326 e. The number of aliphatic hydroxyl groups excluding tert-OH is 1. The Hall–Kier alpha value is -3.09. The average molecular weight is 522 g/mol. The van der Waals surface area contributed by atoms with E-state index in [0.717, 1.165) is 16.5 Å². The van der Waals surface area contributed by atoms with Crippen LogP contribution in [0.15, 0.2) is 30.5 Å². The molecule has 0 aliphatic rings. The molecule has 11 nitrogen and oxygen atoms in total. The Balaban J connectivity index is 2.28. The predicted molar refractivity (Wildman–Crippen MR) is 138 cm³/mol. The average Bonchev–Trinajstić information content (AvgIpc) is 3.26. The van der Waals surface area contributed by atoms with E-state index in [1.54, 1.807) is 20.0 Å². The van der Waals surface area contributed by atoms with Gasteiger partial charge in [-0.05, 0) is 36.0 Å². The van der Waals surface area contributed by atoms with Crippen molar-refractivity contribution in [1.82, 2.24) is 20.9 Å². The molecule has 8 N–H and O–H groups in total. The molecule has 0 aliphatic carbocycles. The molecule has 198 valence electrons. The van der Waals surface area contributed by atoms with Gasteiger partial charge in [0.05, 0.1) is 6.61 Å². The number of carboxylic acid groups (broad SMARTS) is 1. The lowest BCUT2D eigenvalue weighted by Gasteiger charge is -2.26. The summed E-state index contributed by atoms with van der Waals surface area (Å²) in [5.74, 6) is -2.97. The second kappa shape index (κ2) is 13.9. The SMILES string of the molecule is CSCCC(NC(=O)C(Cc1c[nH]c2ccccc12)NC(=O)C(N)CO)C(=O)NC(C(=O)O)C(C)C. The number of aliphatic carboxylic acids is 1. The van der Waals surface area contributed by atoms with Crippen LogP contribution in [-0.4, -0.2) is 81.7 Å². The molecule has 0 aliphatic heterocycles. The lowest BCUT2D eigenvalue weighted by molar-refractivity contribution is -0.143. The number of aliphatic hydroxyl groups is 1. The number of nitrogens with one attached hydrogen (secondary N) is 4. The van der Waals surface area contributed by atoms with E-state index in [2.05, 4.69) is 20.9 Å². The number of carbonyl (C=O) groups is 4. The molecule has 1 aromatic carbocycles. The topological polar surface area (TPSA) is 187 Å². The number of hydrogen-bond acceptors (Lipinski definition) is 7. The molecular formula is C24H35N5O6S. The number of carbonyl (C=O) groups excluding carboxylic acids is 3. The van der Waals surface area contributed by atoms with Gasteiger partial charge in [-0.1, -0.05) is 32.0 Å². The standard InChI is InChI=1S/C24H35N5O6S/c1-13(2)20(24(34)35)29-22(32)18(8-9-36-3)27-23(33)19(28-21(31)16(25)12-30)10-14-11-26-17-7-5-4-6-15(14)17/h4-7,11,13,16,18-20,26,30H,8-10,12,25H2,1-3H3,(H,27,33)(H,28,31)(H,29,32)(H,34,35). The number of aromatic amines is 1. The van der Waals surface area contributed by atoms with Crippen molar-refractivity contribution in [3.05, 3.63) is 36.0 Å². The molecule has 12 heteroatoms. The molecule has 0 fully saturated rings. The van der Waals surface area contributed by atoms with Crippen molar-refractivity contribution in [1.29, 1.82) is 0 Å². The highest BCUT2D eigenvalue weighted by Crippen LogP contribution is 2.19. The van der Waals surface area contributed by atoms with Crippen LogP contribution in [-0.2, 0) is 25.6 Å². The molecule has 0 saturated heterocycles. The molecule has 0 radical (unpaired) electrons. The van der Waals surface area contributed by atoms with Crippen molar-refractivity contribution < 1.29 is 29.4 Å². The van der Waals surface area contributed by atoms with Crippen LogP contribution in [0, 0.1) is 5.92 Å².